The lowest BCUT2D eigenvalue weighted by molar-refractivity contribution is -0.434. The van der Waals surface area contributed by atoms with E-state index in [4.69, 9.17) is 31.9 Å². The van der Waals surface area contributed by atoms with Gasteiger partial charge in [0.25, 0.3) is 40.4 Å². The second kappa shape index (κ2) is 25.1. The number of aryl methyl sites for hydroxylation is 2. The number of anilines is 4. The van der Waals surface area contributed by atoms with Gasteiger partial charge in [0.1, 0.15) is 37.4 Å². The van der Waals surface area contributed by atoms with Crippen molar-refractivity contribution in [1.29, 1.82) is 0 Å². The van der Waals surface area contributed by atoms with Gasteiger partial charge in [0.05, 0.1) is 56.6 Å². The first-order valence-electron chi connectivity index (χ1n) is 19.9. The molecule has 29 nitrogen and oxygen atoms in total. The highest BCUT2D eigenvalue weighted by Crippen LogP contribution is 2.49. The van der Waals surface area contributed by atoms with Gasteiger partial charge in [-0.25, -0.2) is 18.9 Å². The van der Waals surface area contributed by atoms with Crippen LogP contribution in [0, 0.1) is 6.92 Å². The quantitative estimate of drug-likeness (QED) is 0.00612. The minimum Gasteiger partial charge on any atom is -0.505 e. The van der Waals surface area contributed by atoms with Gasteiger partial charge in [-0.1, -0.05) is 28.3 Å². The maximum Gasteiger partial charge on any atom is 0.296 e. The summed E-state index contributed by atoms with van der Waals surface area (Å²) in [6.07, 6.45) is 0.653. The molecule has 0 spiro atoms. The standard InChI is InChI=1S/C20H21N5O14S4.C19H19N5O5S2/c1-22-24-19-15(43(32,33)34)9-11-8-13(40-38-36-27)18(20(26)16(11)17(19)21)25-23-12-5-4-10(7-14(12)42(29,30)31)3-2-6-35-41-39-37-28;1-12-3-2-4-15(9-12)30(25,26)24-14-7-5-13(6-8-14)22-23-18-11-19(31(27,28)29)17(21)10-16(18)20/h4-5,7-9,26-28H,2-3,6,21H2,1H3,(H,29,30,31)(H,32,33,34);2-11,24H,20-21H2,1H3,(H,27,28,29). The fourth-order valence-corrected chi connectivity index (χ4v) is 10.1. The van der Waals surface area contributed by atoms with Crippen LogP contribution in [0.4, 0.5) is 51.2 Å². The molecule has 0 fully saturated rings. The Bertz CT molecular complexity index is 3590. The normalized spacial score (nSPS) is 12.5. The molecule has 0 aliphatic heterocycles. The lowest BCUT2D eigenvalue weighted by Gasteiger charge is -2.14. The van der Waals surface area contributed by atoms with Crippen LogP contribution in [0.1, 0.15) is 17.5 Å². The van der Waals surface area contributed by atoms with Gasteiger partial charge in [-0.15, -0.1) is 24.0 Å². The van der Waals surface area contributed by atoms with Crippen LogP contribution in [0.5, 0.6) is 5.75 Å². The van der Waals surface area contributed by atoms with E-state index in [0.717, 1.165) is 29.8 Å². The number of benzene rings is 6. The molecule has 35 heteroatoms. The second-order valence-electron chi connectivity index (χ2n) is 14.5. The molecule has 396 valence electrons. The average molecular weight is 1150 g/mol. The molecule has 0 heterocycles. The van der Waals surface area contributed by atoms with Gasteiger partial charge < -0.3 is 22.3 Å². The number of phenolic OH excluding ortho intramolecular Hbond substituents is 1. The van der Waals surface area contributed by atoms with E-state index in [1.165, 1.54) is 55.6 Å². The third-order valence-corrected chi connectivity index (χ3v) is 14.5. The van der Waals surface area contributed by atoms with E-state index < -0.39 is 77.9 Å². The van der Waals surface area contributed by atoms with E-state index in [-0.39, 0.29) is 68.4 Å². The minimum atomic E-state index is -4.87. The highest BCUT2D eigenvalue weighted by Gasteiger charge is 2.26. The van der Waals surface area contributed by atoms with Gasteiger partial charge in [0.2, 0.25) is 0 Å². The van der Waals surface area contributed by atoms with Crippen LogP contribution in [0.15, 0.2) is 146 Å². The molecular weight excluding hydrogens is 1100 g/mol. The summed E-state index contributed by atoms with van der Waals surface area (Å²) >= 11 is 0.653. The molecule has 0 saturated carbocycles. The predicted molar refractivity (Wildman–Crippen MR) is 266 cm³/mol. The van der Waals surface area contributed by atoms with Crippen molar-refractivity contribution in [3.8, 4) is 5.75 Å². The number of nitrogens with one attached hydrogen (secondary N) is 1. The number of aromatic hydroxyl groups is 1. The summed E-state index contributed by atoms with van der Waals surface area (Å²) in [5.74, 6) is -0.726. The van der Waals surface area contributed by atoms with Crippen LogP contribution in [-0.2, 0) is 69.7 Å². The number of rotatable bonds is 21. The van der Waals surface area contributed by atoms with Gasteiger partial charge in [-0.2, -0.15) is 40.6 Å². The summed E-state index contributed by atoms with van der Waals surface area (Å²) in [7, 11) is -16.8. The van der Waals surface area contributed by atoms with E-state index >= 15 is 0 Å². The van der Waals surface area contributed by atoms with Gasteiger partial charge >= 0.3 is 0 Å². The number of hydrogen-bond acceptors (Lipinski definition) is 27. The summed E-state index contributed by atoms with van der Waals surface area (Å²) in [6.45, 7) is 1.92. The zero-order valence-electron chi connectivity index (χ0n) is 37.6. The number of nitrogens with two attached hydrogens (primary N) is 3. The molecule has 0 amide bonds. The lowest BCUT2D eigenvalue weighted by Crippen LogP contribution is -2.12. The minimum absolute atomic E-state index is 0.00829. The summed E-state index contributed by atoms with van der Waals surface area (Å²) in [5.41, 5.74) is 17.5. The molecule has 6 aromatic rings. The molecule has 0 aliphatic rings. The van der Waals surface area contributed by atoms with E-state index in [0.29, 0.717) is 35.7 Å². The summed E-state index contributed by atoms with van der Waals surface area (Å²) < 4.78 is 140. The van der Waals surface area contributed by atoms with Crippen LogP contribution in [0.3, 0.4) is 0 Å². The van der Waals surface area contributed by atoms with Crippen molar-refractivity contribution in [3.05, 3.63) is 102 Å². The Kier molecular flexibility index (Phi) is 19.8. The first-order chi connectivity index (χ1) is 34.8. The molecule has 0 radical (unpaired) electrons. The van der Waals surface area contributed by atoms with Crippen LogP contribution < -0.4 is 21.9 Å². The number of azo groups is 3. The van der Waals surface area contributed by atoms with Gasteiger partial charge in [0.15, 0.2) is 18.1 Å². The Morgan fingerprint density at radius 3 is 1.95 bits per heavy atom. The maximum absolute atomic E-state index is 12.5. The molecule has 0 bridgehead atoms. The molecule has 13 N–H and O–H groups in total. The van der Waals surface area contributed by atoms with Gasteiger partial charge in [-0.05, 0) is 109 Å². The second-order valence-corrected chi connectivity index (χ2v) is 21.6. The Morgan fingerprint density at radius 1 is 0.662 bits per heavy atom. The van der Waals surface area contributed by atoms with E-state index in [2.05, 4.69) is 54.2 Å². The molecule has 6 rings (SSSR count). The molecule has 0 aromatic heterocycles. The summed E-state index contributed by atoms with van der Waals surface area (Å²) in [5, 5.41) is 57.1. The van der Waals surface area contributed by atoms with Gasteiger partial charge in [0, 0.05) is 12.7 Å². The molecule has 6 aromatic carbocycles. The Morgan fingerprint density at radius 2 is 1.32 bits per heavy atom. The first-order valence-corrected chi connectivity index (χ1v) is 27.1. The van der Waals surface area contributed by atoms with E-state index in [1.807, 2.05) is 0 Å². The Hall–Kier alpha value is -6.52. The van der Waals surface area contributed by atoms with Crippen LogP contribution in [0.2, 0.25) is 0 Å². The fraction of sp³-hybridized carbons (Fsp3) is 0.128. The topological polar surface area (TPSA) is 468 Å². The molecular formula is C39H40N10O19S6. The number of fused-ring (bicyclic) bond motifs is 1. The number of nitrogens with zero attached hydrogens (tertiary/aromatic N) is 6. The number of hydrogen-bond donors (Lipinski definition) is 10. The zero-order chi connectivity index (χ0) is 54.6. The van der Waals surface area contributed by atoms with Crippen molar-refractivity contribution < 1.29 is 85.9 Å². The summed E-state index contributed by atoms with van der Waals surface area (Å²) in [4.78, 5) is -1.91. The van der Waals surface area contributed by atoms with Crippen LogP contribution in [-0.4, -0.2) is 76.6 Å². The number of phenols is 1. The maximum atomic E-state index is 12.5. The van der Waals surface area contributed by atoms with E-state index in [1.54, 1.807) is 25.1 Å². The third kappa shape index (κ3) is 15.5. The SMILES string of the molecule is CN=Nc1c(S(=O)(=O)O)cc2cc(SOOO)c(N=Nc3ccc(CCCOSOOO)cc3S(=O)(=O)O)c(O)c2c1N.Cc1cccc(S(=O)(=O)Nc2ccc(N=Nc3cc(S(=O)(=O)O)c(N)cc3N)cc2)c1. The lowest BCUT2D eigenvalue weighted by atomic mass is 10.1. The van der Waals surface area contributed by atoms with Crippen molar-refractivity contribution in [1.82, 2.24) is 0 Å². The average Bonchev–Trinajstić information content (AvgIpc) is 3.32. The summed E-state index contributed by atoms with van der Waals surface area (Å²) in [6, 6.07) is 20.6. The van der Waals surface area contributed by atoms with Crippen molar-refractivity contribution in [2.24, 2.45) is 30.7 Å². The monoisotopic (exact) mass is 1140 g/mol. The molecule has 74 heavy (non-hydrogen) atoms. The van der Waals surface area contributed by atoms with Crippen molar-refractivity contribution in [2.75, 3.05) is 35.6 Å². The van der Waals surface area contributed by atoms with Crippen LogP contribution in [0.25, 0.3) is 10.8 Å². The Balaban J connectivity index is 0.000000288. The molecule has 0 unspecified atom stereocenters. The Labute approximate surface area is 428 Å². The first kappa shape index (κ1) is 58.4. The highest BCUT2D eigenvalue weighted by atomic mass is 32.2. The number of sulfonamides is 1. The smallest absolute Gasteiger partial charge is 0.296 e. The van der Waals surface area contributed by atoms with Crippen molar-refractivity contribution in [2.45, 2.75) is 44.2 Å². The predicted octanol–water partition coefficient (Wildman–Crippen LogP) is 8.73. The fourth-order valence-electron chi connectivity index (χ4n) is 6.25. The van der Waals surface area contributed by atoms with E-state index in [9.17, 15) is 52.4 Å². The van der Waals surface area contributed by atoms with Crippen LogP contribution >= 0.6 is 24.4 Å². The molecule has 0 saturated heterocycles. The number of nitrogen functional groups attached to an aromatic ring is 3. The largest absolute Gasteiger partial charge is 0.505 e. The third-order valence-electron chi connectivity index (χ3n) is 9.44. The van der Waals surface area contributed by atoms with Crippen molar-refractivity contribution in [3.63, 3.8) is 0 Å². The zero-order valence-corrected chi connectivity index (χ0v) is 42.5. The van der Waals surface area contributed by atoms with Crippen molar-refractivity contribution >= 4 is 127 Å². The molecule has 0 atom stereocenters. The van der Waals surface area contributed by atoms with Gasteiger partial charge in [-0.3, -0.25) is 22.6 Å². The molecule has 0 aliphatic carbocycles. The highest BCUT2D eigenvalue weighted by molar-refractivity contribution is 7.94.